The number of benzene rings is 8. The number of rotatable bonds is 3. The van der Waals surface area contributed by atoms with E-state index in [1.54, 1.807) is 0 Å². The highest BCUT2D eigenvalue weighted by Crippen LogP contribution is 2.53. The second kappa shape index (κ2) is 13.4. The zero-order valence-electron chi connectivity index (χ0n) is 40.5. The molecule has 0 amide bonds. The molecule has 2 aliphatic carbocycles. The average Bonchev–Trinajstić information content (AvgIpc) is 4.02. The number of hydrogen-bond donors (Lipinski definition) is 1. The number of anilines is 2. The third kappa shape index (κ3) is 5.54. The van der Waals surface area contributed by atoms with Crippen LogP contribution in [0.3, 0.4) is 0 Å². The third-order valence-corrected chi connectivity index (χ3v) is 17.8. The SMILES string of the molecule is CC(C)(C)c1ccc(Nc2cc3oc4cc5c(cc4c3cc2-c2ccc3c4cc6c(cc4n4c3c2[B]c2cc3sc7ccccc7c3cc2-4)-c2ccccc2C6(C)C)C(C)(C)CCC5(C)C)cc1. The van der Waals surface area contributed by atoms with Crippen LogP contribution in [0, 0.1) is 0 Å². The molecule has 68 heavy (non-hydrogen) atoms. The molecule has 1 N–H and O–H groups in total. The normalized spacial score (nSPS) is 16.4. The summed E-state index contributed by atoms with van der Waals surface area (Å²) in [4.78, 5) is 0. The van der Waals surface area contributed by atoms with Gasteiger partial charge in [0.2, 0.25) is 0 Å². The van der Waals surface area contributed by atoms with E-state index in [4.69, 9.17) is 4.42 Å². The lowest BCUT2D eigenvalue weighted by atomic mass is 9.59. The van der Waals surface area contributed by atoms with E-state index in [1.165, 1.54) is 108 Å². The molecule has 1 aliphatic heterocycles. The van der Waals surface area contributed by atoms with E-state index in [0.717, 1.165) is 46.3 Å². The summed E-state index contributed by atoms with van der Waals surface area (Å²) in [6.45, 7) is 21.2. The van der Waals surface area contributed by atoms with Gasteiger partial charge >= 0.3 is 0 Å². The van der Waals surface area contributed by atoms with Crippen LogP contribution in [-0.2, 0) is 21.7 Å². The van der Waals surface area contributed by atoms with E-state index in [2.05, 4.69) is 213 Å². The lowest BCUT2D eigenvalue weighted by Crippen LogP contribution is -2.37. The van der Waals surface area contributed by atoms with Crippen molar-refractivity contribution in [3.8, 4) is 27.9 Å². The molecule has 3 nitrogen and oxygen atoms in total. The van der Waals surface area contributed by atoms with E-state index in [0.29, 0.717) is 0 Å². The Kier molecular flexibility index (Phi) is 7.96. The van der Waals surface area contributed by atoms with Crippen LogP contribution < -0.4 is 16.2 Å². The maximum Gasteiger partial charge on any atom is 0.197 e. The molecule has 3 aliphatic rings. The van der Waals surface area contributed by atoms with Crippen LogP contribution in [-0.4, -0.2) is 11.8 Å². The van der Waals surface area contributed by atoms with Gasteiger partial charge in [0.25, 0.3) is 0 Å². The van der Waals surface area contributed by atoms with Crippen molar-refractivity contribution in [2.75, 3.05) is 5.32 Å². The summed E-state index contributed by atoms with van der Waals surface area (Å²) >= 11 is 1.89. The molecule has 331 valence electrons. The summed E-state index contributed by atoms with van der Waals surface area (Å²) in [5.74, 6) is 0. The maximum atomic E-state index is 6.95. The fourth-order valence-electron chi connectivity index (χ4n) is 12.6. The van der Waals surface area contributed by atoms with E-state index < -0.39 is 0 Å². The zero-order chi connectivity index (χ0) is 46.4. The van der Waals surface area contributed by atoms with Crippen molar-refractivity contribution in [3.05, 3.63) is 161 Å². The Morgan fingerprint density at radius 2 is 1.26 bits per heavy atom. The molecule has 0 bridgehead atoms. The summed E-state index contributed by atoms with van der Waals surface area (Å²) in [6.07, 6.45) is 2.33. The first kappa shape index (κ1) is 40.5. The van der Waals surface area contributed by atoms with E-state index in [-0.39, 0.29) is 21.7 Å². The number of fused-ring (bicyclic) bond motifs is 15. The second-order valence-electron chi connectivity index (χ2n) is 23.1. The standard InChI is InChI=1S/C63H54BN2OS/c1-60(2,3)34-18-20-35(21-19-34)65-51-33-55-43(44-28-48-49(31-54(44)67-55)62(6,7)25-24-61(48,4)5)26-41(51)38-22-23-39-42-27-47-40(36-14-10-12-16-46(36)63(47,8)9)29-52(42)66-53-30-45-37-15-11-13-17-56(37)68-57(45)32-50(53)64-58(38)59(39)66/h10-23,26-33,65H,24-25H2,1-9H3. The topological polar surface area (TPSA) is 30.1 Å². The number of nitrogens with one attached hydrogen (secondary N) is 1. The molecule has 5 heteroatoms. The van der Waals surface area contributed by atoms with E-state index >= 15 is 0 Å². The van der Waals surface area contributed by atoms with Crippen molar-refractivity contribution in [1.82, 2.24) is 4.57 Å². The molecule has 0 spiro atoms. The Hall–Kier alpha value is -6.56. The maximum absolute atomic E-state index is 6.95. The van der Waals surface area contributed by atoms with Crippen LogP contribution in [0.25, 0.3) is 91.9 Å². The average molecular weight is 898 g/mol. The molecule has 0 atom stereocenters. The van der Waals surface area contributed by atoms with E-state index in [9.17, 15) is 0 Å². The highest BCUT2D eigenvalue weighted by Gasteiger charge is 2.39. The molecule has 4 heterocycles. The summed E-state index contributed by atoms with van der Waals surface area (Å²) in [6, 6.07) is 51.2. The molecule has 8 aromatic carbocycles. The molecule has 3 aromatic heterocycles. The third-order valence-electron chi connectivity index (χ3n) is 16.6. The Labute approximate surface area is 403 Å². The van der Waals surface area contributed by atoms with Gasteiger partial charge in [-0.1, -0.05) is 135 Å². The summed E-state index contributed by atoms with van der Waals surface area (Å²) in [5, 5.41) is 11.5. The van der Waals surface area contributed by atoms with Gasteiger partial charge in [0.1, 0.15) is 11.2 Å². The fraction of sp³-hybridized carbons (Fsp3) is 0.238. The molecular weight excluding hydrogens is 844 g/mol. The van der Waals surface area contributed by atoms with Crippen LogP contribution >= 0.6 is 11.3 Å². The molecule has 0 unspecified atom stereocenters. The van der Waals surface area contributed by atoms with Crippen molar-refractivity contribution in [2.45, 2.75) is 96.8 Å². The zero-order valence-corrected chi connectivity index (χ0v) is 41.3. The van der Waals surface area contributed by atoms with Gasteiger partial charge in [-0.05, 0) is 140 Å². The van der Waals surface area contributed by atoms with Crippen LogP contribution in [0.15, 0.2) is 138 Å². The smallest absolute Gasteiger partial charge is 0.197 e. The number of aromatic nitrogens is 1. The summed E-state index contributed by atoms with van der Waals surface area (Å²) in [7, 11) is 2.49. The molecule has 11 aromatic rings. The van der Waals surface area contributed by atoms with Gasteiger partial charge in [0.15, 0.2) is 7.28 Å². The molecule has 0 saturated heterocycles. The molecule has 14 rings (SSSR count). The molecule has 1 radical (unpaired) electrons. The predicted octanol–water partition coefficient (Wildman–Crippen LogP) is 16.4. The first-order chi connectivity index (χ1) is 32.5. The minimum absolute atomic E-state index is 0.0581. The quantitative estimate of drug-likeness (QED) is 0.179. The largest absolute Gasteiger partial charge is 0.456 e. The van der Waals surface area contributed by atoms with Crippen LogP contribution in [0.2, 0.25) is 0 Å². The summed E-state index contributed by atoms with van der Waals surface area (Å²) in [5.41, 5.74) is 22.3. The van der Waals surface area contributed by atoms with E-state index in [1.807, 2.05) is 11.3 Å². The highest BCUT2D eigenvalue weighted by atomic mass is 32.1. The molecule has 0 saturated carbocycles. The second-order valence-corrected chi connectivity index (χ2v) is 24.2. The van der Waals surface area contributed by atoms with Gasteiger partial charge < -0.3 is 14.3 Å². The molecule has 0 fully saturated rings. The van der Waals surface area contributed by atoms with Crippen molar-refractivity contribution in [1.29, 1.82) is 0 Å². The number of hydrogen-bond acceptors (Lipinski definition) is 3. The summed E-state index contributed by atoms with van der Waals surface area (Å²) < 4.78 is 12.2. The first-order valence-corrected chi connectivity index (χ1v) is 25.3. The number of furan rings is 1. The minimum atomic E-state index is -0.109. The Balaban J connectivity index is 1.07. The molecular formula is C63H54BN2OS. The monoisotopic (exact) mass is 897 g/mol. The number of thiophene rings is 1. The van der Waals surface area contributed by atoms with Crippen molar-refractivity contribution >= 4 is 105 Å². The van der Waals surface area contributed by atoms with Crippen LogP contribution in [0.4, 0.5) is 11.4 Å². The van der Waals surface area contributed by atoms with Crippen molar-refractivity contribution in [3.63, 3.8) is 0 Å². The minimum Gasteiger partial charge on any atom is -0.456 e. The van der Waals surface area contributed by atoms with Crippen LogP contribution in [0.5, 0.6) is 0 Å². The van der Waals surface area contributed by atoms with Gasteiger partial charge in [-0.3, -0.25) is 0 Å². The Morgan fingerprint density at radius 3 is 2.06 bits per heavy atom. The van der Waals surface area contributed by atoms with Gasteiger partial charge in [0.05, 0.1) is 11.2 Å². The highest BCUT2D eigenvalue weighted by molar-refractivity contribution is 7.26. The lowest BCUT2D eigenvalue weighted by Gasteiger charge is -2.41. The Morgan fingerprint density at radius 1 is 0.559 bits per heavy atom. The van der Waals surface area contributed by atoms with Gasteiger partial charge in [0, 0.05) is 75.7 Å². The van der Waals surface area contributed by atoms with Gasteiger partial charge in [-0.15, -0.1) is 11.3 Å². The first-order valence-electron chi connectivity index (χ1n) is 24.5. The number of nitrogens with zero attached hydrogens (tertiary/aromatic N) is 1. The van der Waals surface area contributed by atoms with Gasteiger partial charge in [-0.2, -0.15) is 0 Å². The predicted molar refractivity (Wildman–Crippen MR) is 293 cm³/mol. The lowest BCUT2D eigenvalue weighted by molar-refractivity contribution is 0.332. The van der Waals surface area contributed by atoms with Crippen molar-refractivity contribution < 1.29 is 4.42 Å². The fourth-order valence-corrected chi connectivity index (χ4v) is 13.7. The van der Waals surface area contributed by atoms with Crippen LogP contribution in [0.1, 0.15) is 103 Å². The van der Waals surface area contributed by atoms with Crippen molar-refractivity contribution in [2.24, 2.45) is 0 Å². The Bertz CT molecular complexity index is 4030. The van der Waals surface area contributed by atoms with Gasteiger partial charge in [-0.25, -0.2) is 0 Å².